The minimum atomic E-state index is 0.264. The van der Waals surface area contributed by atoms with E-state index in [0.717, 1.165) is 51.0 Å². The zero-order chi connectivity index (χ0) is 18.5. The molecular weight excluding hydrogens is 348 g/mol. The van der Waals surface area contributed by atoms with Gasteiger partial charge in [0.1, 0.15) is 11.6 Å². The number of nitrogens with zero attached hydrogens (tertiary/aromatic N) is 4. The first-order valence-electron chi connectivity index (χ1n) is 9.55. The van der Waals surface area contributed by atoms with Crippen molar-refractivity contribution in [3.63, 3.8) is 0 Å². The molecule has 3 heterocycles. The van der Waals surface area contributed by atoms with Crippen LogP contribution in [0.15, 0.2) is 6.07 Å². The van der Waals surface area contributed by atoms with Gasteiger partial charge in [-0.05, 0) is 44.8 Å². The topological polar surface area (TPSA) is 65.6 Å². The molecular formula is C18H30N6OS. The lowest BCUT2D eigenvalue weighted by Crippen LogP contribution is -2.39. The minimum absolute atomic E-state index is 0.264. The molecule has 0 bridgehead atoms. The molecule has 0 aliphatic carbocycles. The standard InChI is InChI=1S/C18H30N6OS/c1-13(2)19-18(26)22-17-20-15(23-7-9-25-10-8-23)11-16(21-17)24-6-4-5-14(3)12-24/h11,13-14H,4-10,12H2,1-3H3,(H2,19,20,21,22,26). The molecule has 7 nitrogen and oxygen atoms in total. The summed E-state index contributed by atoms with van der Waals surface area (Å²) in [6.45, 7) is 11.6. The van der Waals surface area contributed by atoms with E-state index in [0.29, 0.717) is 17.0 Å². The summed E-state index contributed by atoms with van der Waals surface area (Å²) < 4.78 is 5.48. The predicted molar refractivity (Wildman–Crippen MR) is 110 cm³/mol. The molecule has 1 unspecified atom stereocenters. The summed E-state index contributed by atoms with van der Waals surface area (Å²) in [6, 6.07) is 2.37. The number of ether oxygens (including phenoxy) is 1. The zero-order valence-corrected chi connectivity index (χ0v) is 16.8. The van der Waals surface area contributed by atoms with Crippen LogP contribution in [0.3, 0.4) is 0 Å². The molecule has 0 radical (unpaired) electrons. The SMILES string of the molecule is CC1CCCN(c2cc(N3CCOCC3)nc(NC(=S)NC(C)C)n2)C1. The van der Waals surface area contributed by atoms with E-state index in [1.165, 1.54) is 12.8 Å². The molecule has 0 spiro atoms. The summed E-state index contributed by atoms with van der Waals surface area (Å²) in [5.74, 6) is 3.15. The second kappa shape index (κ2) is 8.81. The van der Waals surface area contributed by atoms with Crippen LogP contribution < -0.4 is 20.4 Å². The average Bonchev–Trinajstić information content (AvgIpc) is 2.61. The van der Waals surface area contributed by atoms with Crippen molar-refractivity contribution in [3.05, 3.63) is 6.07 Å². The Morgan fingerprint density at radius 2 is 1.88 bits per heavy atom. The summed E-state index contributed by atoms with van der Waals surface area (Å²) in [5, 5.41) is 6.90. The maximum absolute atomic E-state index is 5.48. The van der Waals surface area contributed by atoms with Gasteiger partial charge in [0.2, 0.25) is 5.95 Å². The van der Waals surface area contributed by atoms with Crippen LogP contribution in [0.4, 0.5) is 17.6 Å². The van der Waals surface area contributed by atoms with E-state index in [-0.39, 0.29) is 6.04 Å². The lowest BCUT2D eigenvalue weighted by atomic mass is 10.0. The smallest absolute Gasteiger partial charge is 0.232 e. The van der Waals surface area contributed by atoms with E-state index < -0.39 is 0 Å². The number of piperidine rings is 1. The van der Waals surface area contributed by atoms with Gasteiger partial charge in [0.05, 0.1) is 13.2 Å². The van der Waals surface area contributed by atoms with E-state index in [9.17, 15) is 0 Å². The summed E-state index contributed by atoms with van der Waals surface area (Å²) in [4.78, 5) is 14.1. The number of morpholine rings is 1. The molecule has 1 atom stereocenters. The first-order chi connectivity index (χ1) is 12.5. The highest BCUT2D eigenvalue weighted by Gasteiger charge is 2.21. The molecule has 0 aromatic carbocycles. The van der Waals surface area contributed by atoms with Crippen molar-refractivity contribution < 1.29 is 4.74 Å². The normalized spacial score (nSPS) is 21.0. The summed E-state index contributed by atoms with van der Waals surface area (Å²) in [7, 11) is 0. The molecule has 144 valence electrons. The van der Waals surface area contributed by atoms with Gasteiger partial charge in [-0.3, -0.25) is 0 Å². The Kier molecular flexibility index (Phi) is 6.48. The number of thiocarbonyl (C=S) groups is 1. The highest BCUT2D eigenvalue weighted by Crippen LogP contribution is 2.26. The van der Waals surface area contributed by atoms with Crippen molar-refractivity contribution in [2.24, 2.45) is 5.92 Å². The average molecular weight is 379 g/mol. The second-order valence-electron chi connectivity index (χ2n) is 7.45. The first-order valence-corrected chi connectivity index (χ1v) is 9.96. The number of aromatic nitrogens is 2. The van der Waals surface area contributed by atoms with Crippen LogP contribution in [0.1, 0.15) is 33.6 Å². The van der Waals surface area contributed by atoms with Gasteiger partial charge in [-0.2, -0.15) is 9.97 Å². The van der Waals surface area contributed by atoms with Crippen molar-refractivity contribution in [2.45, 2.75) is 39.7 Å². The maximum Gasteiger partial charge on any atom is 0.232 e. The molecule has 0 saturated carbocycles. The Morgan fingerprint density at radius 3 is 2.54 bits per heavy atom. The highest BCUT2D eigenvalue weighted by atomic mass is 32.1. The monoisotopic (exact) mass is 378 g/mol. The number of anilines is 3. The molecule has 3 rings (SSSR count). The fourth-order valence-corrected chi connectivity index (χ4v) is 3.72. The van der Waals surface area contributed by atoms with Gasteiger partial charge in [0.25, 0.3) is 0 Å². The fraction of sp³-hybridized carbons (Fsp3) is 0.722. The third-order valence-electron chi connectivity index (χ3n) is 4.66. The van der Waals surface area contributed by atoms with E-state index in [2.05, 4.69) is 47.3 Å². The van der Waals surface area contributed by atoms with Gasteiger partial charge in [-0.25, -0.2) is 0 Å². The van der Waals surface area contributed by atoms with Crippen molar-refractivity contribution in [2.75, 3.05) is 54.5 Å². The van der Waals surface area contributed by atoms with Crippen LogP contribution in [-0.2, 0) is 4.74 Å². The fourth-order valence-electron chi connectivity index (χ4n) is 3.39. The number of nitrogens with one attached hydrogen (secondary N) is 2. The Hall–Kier alpha value is -1.67. The second-order valence-corrected chi connectivity index (χ2v) is 7.86. The summed E-state index contributed by atoms with van der Waals surface area (Å²) in [5.41, 5.74) is 0. The lowest BCUT2D eigenvalue weighted by molar-refractivity contribution is 0.122. The molecule has 26 heavy (non-hydrogen) atoms. The molecule has 1 aromatic rings. The van der Waals surface area contributed by atoms with Gasteiger partial charge >= 0.3 is 0 Å². The van der Waals surface area contributed by atoms with E-state index in [4.69, 9.17) is 26.9 Å². The first kappa shape index (κ1) is 19.1. The van der Waals surface area contributed by atoms with E-state index >= 15 is 0 Å². The Labute approximate surface area is 161 Å². The van der Waals surface area contributed by atoms with E-state index in [1.807, 2.05) is 0 Å². The highest BCUT2D eigenvalue weighted by molar-refractivity contribution is 7.80. The third-order valence-corrected chi connectivity index (χ3v) is 4.88. The lowest BCUT2D eigenvalue weighted by Gasteiger charge is -2.33. The van der Waals surface area contributed by atoms with Gasteiger partial charge < -0.3 is 25.2 Å². The van der Waals surface area contributed by atoms with Crippen molar-refractivity contribution in [3.8, 4) is 0 Å². The number of rotatable bonds is 4. The van der Waals surface area contributed by atoms with Crippen LogP contribution in [-0.4, -0.2) is 60.5 Å². The molecule has 8 heteroatoms. The molecule has 2 N–H and O–H groups in total. The molecule has 2 fully saturated rings. The Bertz CT molecular complexity index is 620. The number of hydrogen-bond donors (Lipinski definition) is 2. The molecule has 0 amide bonds. The Morgan fingerprint density at radius 1 is 1.19 bits per heavy atom. The van der Waals surface area contributed by atoms with Gasteiger partial charge in [-0.15, -0.1) is 0 Å². The molecule has 1 aromatic heterocycles. The van der Waals surface area contributed by atoms with Crippen LogP contribution in [0.5, 0.6) is 0 Å². The van der Waals surface area contributed by atoms with Crippen LogP contribution in [0, 0.1) is 5.92 Å². The van der Waals surface area contributed by atoms with Crippen molar-refractivity contribution in [1.82, 2.24) is 15.3 Å². The van der Waals surface area contributed by atoms with Gasteiger partial charge in [0, 0.05) is 38.3 Å². The molecule has 2 saturated heterocycles. The predicted octanol–water partition coefficient (Wildman–Crippen LogP) is 2.24. The van der Waals surface area contributed by atoms with Crippen LogP contribution in [0.2, 0.25) is 0 Å². The van der Waals surface area contributed by atoms with Crippen LogP contribution >= 0.6 is 12.2 Å². The number of hydrogen-bond acceptors (Lipinski definition) is 6. The zero-order valence-electron chi connectivity index (χ0n) is 16.0. The molecule has 2 aliphatic heterocycles. The van der Waals surface area contributed by atoms with Crippen molar-refractivity contribution in [1.29, 1.82) is 0 Å². The van der Waals surface area contributed by atoms with Crippen molar-refractivity contribution >= 4 is 34.9 Å². The molecule has 2 aliphatic rings. The van der Waals surface area contributed by atoms with Crippen LogP contribution in [0.25, 0.3) is 0 Å². The Balaban J connectivity index is 1.84. The van der Waals surface area contributed by atoms with Gasteiger partial charge in [-0.1, -0.05) is 6.92 Å². The summed E-state index contributed by atoms with van der Waals surface area (Å²) >= 11 is 5.38. The largest absolute Gasteiger partial charge is 0.378 e. The quantitative estimate of drug-likeness (QED) is 0.774. The summed E-state index contributed by atoms with van der Waals surface area (Å²) in [6.07, 6.45) is 2.49. The minimum Gasteiger partial charge on any atom is -0.378 e. The van der Waals surface area contributed by atoms with E-state index in [1.54, 1.807) is 0 Å². The van der Waals surface area contributed by atoms with Gasteiger partial charge in [0.15, 0.2) is 5.11 Å². The third kappa shape index (κ3) is 5.17. The maximum atomic E-state index is 5.48.